The number of hydrogen-bond donors (Lipinski definition) is 1. The highest BCUT2D eigenvalue weighted by atomic mass is 35.5. The maximum absolute atomic E-state index is 13.5. The predicted molar refractivity (Wildman–Crippen MR) is 158 cm³/mol. The number of nitrogens with one attached hydrogen (secondary N) is 1. The second-order valence-electron chi connectivity index (χ2n) is 10.5. The van der Waals surface area contributed by atoms with Crippen molar-refractivity contribution in [3.05, 3.63) is 52.7 Å². The lowest BCUT2D eigenvalue weighted by Gasteiger charge is -2.35. The SMILES string of the molecule is CC#N.FC1(F)CCN(CCOc2nc3c(c(N4CCNCC4)n2)CCN(c2cccc4cccc(Cl)c24)C3)CC1. The first-order valence-electron chi connectivity index (χ1n) is 14.2. The molecule has 2 saturated heterocycles. The number of aromatic nitrogens is 2. The van der Waals surface area contributed by atoms with Crippen molar-refractivity contribution in [2.24, 2.45) is 0 Å². The summed E-state index contributed by atoms with van der Waals surface area (Å²) < 4.78 is 33.1. The lowest BCUT2D eigenvalue weighted by atomic mass is 10.0. The van der Waals surface area contributed by atoms with E-state index in [1.165, 1.54) is 12.5 Å². The summed E-state index contributed by atoms with van der Waals surface area (Å²) in [4.78, 5) is 16.4. The fourth-order valence-corrected chi connectivity index (χ4v) is 5.99. The van der Waals surface area contributed by atoms with E-state index in [1.54, 1.807) is 6.07 Å². The molecule has 3 aromatic rings. The van der Waals surface area contributed by atoms with Gasteiger partial charge in [-0.25, -0.2) is 8.78 Å². The average molecular weight is 584 g/mol. The van der Waals surface area contributed by atoms with Crippen molar-refractivity contribution in [2.45, 2.75) is 38.7 Å². The molecule has 11 heteroatoms. The van der Waals surface area contributed by atoms with Gasteiger partial charge in [0.15, 0.2) is 0 Å². The molecule has 2 aromatic carbocycles. The fourth-order valence-electron chi connectivity index (χ4n) is 5.71. The van der Waals surface area contributed by atoms with Crippen molar-refractivity contribution in [1.29, 1.82) is 5.26 Å². The third-order valence-corrected chi connectivity index (χ3v) is 8.15. The molecule has 218 valence electrons. The Hall–Kier alpha value is -3.26. The summed E-state index contributed by atoms with van der Waals surface area (Å²) in [5.41, 5.74) is 3.25. The summed E-state index contributed by atoms with van der Waals surface area (Å²) >= 11 is 6.64. The van der Waals surface area contributed by atoms with Gasteiger partial charge in [0, 0.05) is 88.8 Å². The molecule has 3 aliphatic rings. The van der Waals surface area contributed by atoms with E-state index in [0.29, 0.717) is 38.8 Å². The van der Waals surface area contributed by atoms with Crippen LogP contribution < -0.4 is 19.9 Å². The number of anilines is 2. The highest BCUT2D eigenvalue weighted by molar-refractivity contribution is 6.36. The molecular formula is C30H36ClF2N7O. The molecule has 0 aliphatic carbocycles. The Kier molecular flexibility index (Phi) is 9.38. The number of rotatable bonds is 6. The summed E-state index contributed by atoms with van der Waals surface area (Å²) in [6.45, 7) is 8.23. The molecule has 0 saturated carbocycles. The van der Waals surface area contributed by atoms with Crippen LogP contribution in [0.3, 0.4) is 0 Å². The van der Waals surface area contributed by atoms with Crippen LogP contribution in [0, 0.1) is 11.3 Å². The molecule has 0 bridgehead atoms. The van der Waals surface area contributed by atoms with Crippen LogP contribution in [0.1, 0.15) is 31.0 Å². The number of ether oxygens (including phenoxy) is 1. The van der Waals surface area contributed by atoms with Crippen LogP contribution in [-0.2, 0) is 13.0 Å². The molecule has 0 amide bonds. The number of halogens is 3. The third-order valence-electron chi connectivity index (χ3n) is 7.84. The second kappa shape index (κ2) is 13.1. The van der Waals surface area contributed by atoms with Gasteiger partial charge < -0.3 is 19.9 Å². The molecule has 0 radical (unpaired) electrons. The van der Waals surface area contributed by atoms with Gasteiger partial charge >= 0.3 is 6.01 Å². The lowest BCUT2D eigenvalue weighted by Crippen LogP contribution is -2.45. The van der Waals surface area contributed by atoms with Gasteiger partial charge in [-0.15, -0.1) is 0 Å². The zero-order chi connectivity index (χ0) is 28.8. The summed E-state index contributed by atoms with van der Waals surface area (Å²) in [5, 5.41) is 13.6. The van der Waals surface area contributed by atoms with Gasteiger partial charge in [-0.1, -0.05) is 35.9 Å². The van der Waals surface area contributed by atoms with Gasteiger partial charge in [0.25, 0.3) is 5.92 Å². The highest BCUT2D eigenvalue weighted by Crippen LogP contribution is 2.37. The second-order valence-corrected chi connectivity index (χ2v) is 11.0. The number of fused-ring (bicyclic) bond motifs is 2. The number of alkyl halides is 2. The minimum absolute atomic E-state index is 0.0937. The molecule has 0 spiro atoms. The van der Waals surface area contributed by atoms with Gasteiger partial charge in [-0.05, 0) is 23.9 Å². The van der Waals surface area contributed by atoms with E-state index in [0.717, 1.165) is 72.1 Å². The maximum Gasteiger partial charge on any atom is 0.318 e. The van der Waals surface area contributed by atoms with E-state index in [1.807, 2.05) is 17.0 Å². The molecule has 0 unspecified atom stereocenters. The lowest BCUT2D eigenvalue weighted by molar-refractivity contribution is -0.0565. The number of nitriles is 1. The van der Waals surface area contributed by atoms with Crippen molar-refractivity contribution >= 4 is 33.9 Å². The van der Waals surface area contributed by atoms with Crippen LogP contribution in [0.25, 0.3) is 10.8 Å². The van der Waals surface area contributed by atoms with E-state index in [4.69, 9.17) is 31.6 Å². The summed E-state index contributed by atoms with van der Waals surface area (Å²) in [6, 6.07) is 14.4. The number of piperidine rings is 1. The largest absolute Gasteiger partial charge is 0.462 e. The molecule has 1 aromatic heterocycles. The fraction of sp³-hybridized carbons (Fsp3) is 0.500. The van der Waals surface area contributed by atoms with Crippen molar-refractivity contribution in [1.82, 2.24) is 20.2 Å². The number of nitrogens with zero attached hydrogens (tertiary/aromatic N) is 6. The quantitative estimate of drug-likeness (QED) is 0.439. The predicted octanol–water partition coefficient (Wildman–Crippen LogP) is 4.90. The number of benzene rings is 2. The maximum atomic E-state index is 13.5. The van der Waals surface area contributed by atoms with Crippen LogP contribution in [0.15, 0.2) is 36.4 Å². The first kappa shape index (κ1) is 29.2. The number of likely N-dealkylation sites (tertiary alicyclic amines) is 1. The normalized spacial score (nSPS) is 18.7. The first-order valence-corrected chi connectivity index (χ1v) is 14.6. The van der Waals surface area contributed by atoms with Crippen molar-refractivity contribution in [3.8, 4) is 12.1 Å². The van der Waals surface area contributed by atoms with Gasteiger partial charge in [0.1, 0.15) is 12.4 Å². The Bertz CT molecular complexity index is 1380. The van der Waals surface area contributed by atoms with Gasteiger partial charge in [-0.2, -0.15) is 15.2 Å². The topological polar surface area (TPSA) is 80.5 Å². The summed E-state index contributed by atoms with van der Waals surface area (Å²) in [6.07, 6.45) is 0.644. The zero-order valence-electron chi connectivity index (χ0n) is 23.4. The van der Waals surface area contributed by atoms with E-state index in [2.05, 4.69) is 39.4 Å². The number of hydrogen-bond acceptors (Lipinski definition) is 8. The van der Waals surface area contributed by atoms with E-state index >= 15 is 0 Å². The van der Waals surface area contributed by atoms with Crippen molar-refractivity contribution in [3.63, 3.8) is 0 Å². The van der Waals surface area contributed by atoms with E-state index in [9.17, 15) is 8.78 Å². The zero-order valence-corrected chi connectivity index (χ0v) is 24.1. The minimum atomic E-state index is -2.54. The van der Waals surface area contributed by atoms with Crippen molar-refractivity contribution in [2.75, 3.05) is 68.8 Å². The van der Waals surface area contributed by atoms with Crippen LogP contribution in [0.5, 0.6) is 6.01 Å². The van der Waals surface area contributed by atoms with Crippen LogP contribution in [-0.4, -0.2) is 79.8 Å². The van der Waals surface area contributed by atoms with Gasteiger partial charge in [-0.3, -0.25) is 4.90 Å². The first-order chi connectivity index (χ1) is 19.9. The van der Waals surface area contributed by atoms with E-state index in [-0.39, 0.29) is 12.8 Å². The Morgan fingerprint density at radius 2 is 1.73 bits per heavy atom. The van der Waals surface area contributed by atoms with Gasteiger partial charge in [0.2, 0.25) is 0 Å². The molecule has 6 rings (SSSR count). The molecule has 41 heavy (non-hydrogen) atoms. The smallest absolute Gasteiger partial charge is 0.318 e. The molecule has 0 atom stereocenters. The molecule has 1 N–H and O–H groups in total. The molecule has 2 fully saturated rings. The van der Waals surface area contributed by atoms with Gasteiger partial charge in [0.05, 0.1) is 23.3 Å². The van der Waals surface area contributed by atoms with Crippen LogP contribution in [0.4, 0.5) is 20.3 Å². The Morgan fingerprint density at radius 3 is 2.46 bits per heavy atom. The summed E-state index contributed by atoms with van der Waals surface area (Å²) in [7, 11) is 0. The van der Waals surface area contributed by atoms with Crippen LogP contribution in [0.2, 0.25) is 5.02 Å². The standard InChI is InChI=1S/C28H33ClF2N6O.C2H3N/c29-22-5-1-3-20-4-2-6-24(25(20)22)37-12-7-21-23(19-37)33-27(34-26(21)36-15-10-32-11-16-36)38-18-17-35-13-8-28(30,31)9-14-35;1-2-3/h1-6,32H,7-19H2;1H3. The van der Waals surface area contributed by atoms with E-state index < -0.39 is 5.92 Å². The Labute approximate surface area is 244 Å². The Morgan fingerprint density at radius 1 is 1.02 bits per heavy atom. The molecule has 3 aliphatic heterocycles. The minimum Gasteiger partial charge on any atom is -0.462 e. The highest BCUT2D eigenvalue weighted by Gasteiger charge is 2.34. The molecule has 4 heterocycles. The average Bonchev–Trinajstić information content (AvgIpc) is 2.98. The molecular weight excluding hydrogens is 548 g/mol. The molecule has 8 nitrogen and oxygen atoms in total. The van der Waals surface area contributed by atoms with Crippen LogP contribution >= 0.6 is 11.6 Å². The Balaban J connectivity index is 0.00000108. The number of piperazine rings is 1. The summed E-state index contributed by atoms with van der Waals surface area (Å²) in [5.74, 6) is -1.59. The van der Waals surface area contributed by atoms with Crippen molar-refractivity contribution < 1.29 is 13.5 Å². The third kappa shape index (κ3) is 6.97. The monoisotopic (exact) mass is 583 g/mol.